The Labute approximate surface area is 138 Å². The van der Waals surface area contributed by atoms with Crippen LogP contribution in [0.5, 0.6) is 0 Å². The number of hydrogen-bond acceptors (Lipinski definition) is 4. The van der Waals surface area contributed by atoms with Crippen LogP contribution in [-0.4, -0.2) is 66.8 Å². The van der Waals surface area contributed by atoms with Crippen LogP contribution in [-0.2, 0) is 19.1 Å². The first-order valence-electron chi connectivity index (χ1n) is 8.89. The summed E-state index contributed by atoms with van der Waals surface area (Å²) in [4.78, 5) is 28.9. The summed E-state index contributed by atoms with van der Waals surface area (Å²) in [5, 5.41) is 0. The van der Waals surface area contributed by atoms with Crippen LogP contribution in [0.2, 0.25) is 0 Å². The highest BCUT2D eigenvalue weighted by Crippen LogP contribution is 2.27. The molecule has 2 amide bonds. The fraction of sp³-hybridized carbons (Fsp3) is 0.882. The van der Waals surface area contributed by atoms with Gasteiger partial charge in [-0.3, -0.25) is 9.59 Å². The molecule has 3 heterocycles. The maximum atomic E-state index is 13.1. The van der Waals surface area contributed by atoms with Crippen molar-refractivity contribution in [3.8, 4) is 0 Å². The van der Waals surface area contributed by atoms with Gasteiger partial charge in [0.15, 0.2) is 6.29 Å². The molecule has 0 spiro atoms. The van der Waals surface area contributed by atoms with E-state index in [1.54, 1.807) is 4.90 Å². The zero-order valence-electron chi connectivity index (χ0n) is 14.2. The summed E-state index contributed by atoms with van der Waals surface area (Å²) in [6.45, 7) is 7.50. The molecule has 6 heteroatoms. The molecule has 0 aliphatic carbocycles. The molecule has 0 aromatic carbocycles. The molecule has 3 aliphatic rings. The van der Waals surface area contributed by atoms with Crippen molar-refractivity contribution in [1.29, 1.82) is 0 Å². The van der Waals surface area contributed by atoms with Crippen LogP contribution in [0.1, 0.15) is 39.5 Å². The molecule has 0 aromatic heterocycles. The average Bonchev–Trinajstić information content (AvgIpc) is 3.20. The maximum absolute atomic E-state index is 13.1. The number of nitrogens with zero attached hydrogens (tertiary/aromatic N) is 2. The third-order valence-corrected chi connectivity index (χ3v) is 5.13. The van der Waals surface area contributed by atoms with Gasteiger partial charge >= 0.3 is 0 Å². The van der Waals surface area contributed by atoms with Gasteiger partial charge in [0, 0.05) is 32.0 Å². The first-order valence-corrected chi connectivity index (χ1v) is 8.89. The van der Waals surface area contributed by atoms with Crippen LogP contribution in [0.4, 0.5) is 0 Å². The predicted octanol–water partition coefficient (Wildman–Crippen LogP) is 1.24. The molecule has 0 radical (unpaired) electrons. The first-order chi connectivity index (χ1) is 11.1. The molecule has 6 nitrogen and oxygen atoms in total. The molecule has 23 heavy (non-hydrogen) atoms. The van der Waals surface area contributed by atoms with Crippen LogP contribution in [0.15, 0.2) is 0 Å². The molecule has 0 saturated carbocycles. The van der Waals surface area contributed by atoms with E-state index < -0.39 is 0 Å². The van der Waals surface area contributed by atoms with Crippen molar-refractivity contribution in [1.82, 2.24) is 9.80 Å². The van der Waals surface area contributed by atoms with Crippen molar-refractivity contribution in [2.75, 3.05) is 32.8 Å². The molecule has 0 N–H and O–H groups in total. The first kappa shape index (κ1) is 16.7. The minimum atomic E-state index is -0.325. The lowest BCUT2D eigenvalue weighted by Crippen LogP contribution is -2.54. The molecule has 0 bridgehead atoms. The van der Waals surface area contributed by atoms with Gasteiger partial charge in [0.2, 0.25) is 11.8 Å². The van der Waals surface area contributed by atoms with E-state index in [0.29, 0.717) is 32.7 Å². The normalized spacial score (nSPS) is 28.0. The van der Waals surface area contributed by atoms with E-state index in [4.69, 9.17) is 9.47 Å². The highest BCUT2D eigenvalue weighted by molar-refractivity contribution is 5.89. The number of piperidine rings is 1. The minimum absolute atomic E-state index is 0.0953. The standard InChI is InChI=1S/C17H28N2O4/c1-12(2)15(19-8-4-6-14(19)20)16(21)18-7-3-5-13(11-18)17-22-9-10-23-17/h12-13,15,17H,3-11H2,1-2H3. The topological polar surface area (TPSA) is 59.1 Å². The summed E-state index contributed by atoms with van der Waals surface area (Å²) in [6.07, 6.45) is 3.27. The van der Waals surface area contributed by atoms with Crippen molar-refractivity contribution < 1.29 is 19.1 Å². The molecule has 3 fully saturated rings. The molecule has 2 atom stereocenters. The van der Waals surface area contributed by atoms with Gasteiger partial charge in [-0.05, 0) is 25.2 Å². The second-order valence-electron chi connectivity index (χ2n) is 7.18. The Balaban J connectivity index is 1.67. The lowest BCUT2D eigenvalue weighted by atomic mass is 9.94. The summed E-state index contributed by atoms with van der Waals surface area (Å²) in [5.41, 5.74) is 0. The Morgan fingerprint density at radius 3 is 2.52 bits per heavy atom. The molecule has 0 aromatic rings. The fourth-order valence-corrected chi connectivity index (χ4v) is 4.01. The van der Waals surface area contributed by atoms with E-state index >= 15 is 0 Å². The number of hydrogen-bond donors (Lipinski definition) is 0. The Morgan fingerprint density at radius 2 is 1.91 bits per heavy atom. The quantitative estimate of drug-likeness (QED) is 0.781. The van der Waals surface area contributed by atoms with Crippen molar-refractivity contribution >= 4 is 11.8 Å². The Morgan fingerprint density at radius 1 is 1.17 bits per heavy atom. The molecular formula is C17H28N2O4. The lowest BCUT2D eigenvalue weighted by molar-refractivity contribution is -0.150. The second-order valence-corrected chi connectivity index (χ2v) is 7.18. The van der Waals surface area contributed by atoms with Crippen LogP contribution < -0.4 is 0 Å². The maximum Gasteiger partial charge on any atom is 0.245 e. The fourth-order valence-electron chi connectivity index (χ4n) is 4.01. The van der Waals surface area contributed by atoms with Crippen molar-refractivity contribution in [3.63, 3.8) is 0 Å². The van der Waals surface area contributed by atoms with Gasteiger partial charge in [-0.1, -0.05) is 13.8 Å². The number of carbonyl (C=O) groups excluding carboxylic acids is 2. The molecule has 3 rings (SSSR count). The van der Waals surface area contributed by atoms with Gasteiger partial charge in [-0.15, -0.1) is 0 Å². The molecular weight excluding hydrogens is 296 g/mol. The van der Waals surface area contributed by atoms with Crippen LogP contribution in [0.3, 0.4) is 0 Å². The zero-order chi connectivity index (χ0) is 16.4. The Kier molecular flexibility index (Phi) is 5.21. The number of likely N-dealkylation sites (tertiary alicyclic amines) is 2. The van der Waals surface area contributed by atoms with E-state index in [1.807, 2.05) is 18.7 Å². The molecule has 3 aliphatic heterocycles. The summed E-state index contributed by atoms with van der Waals surface area (Å²) in [5.74, 6) is 0.590. The van der Waals surface area contributed by atoms with Crippen LogP contribution in [0.25, 0.3) is 0 Å². The van der Waals surface area contributed by atoms with E-state index in [9.17, 15) is 9.59 Å². The van der Waals surface area contributed by atoms with Gasteiger partial charge < -0.3 is 19.3 Å². The van der Waals surface area contributed by atoms with Gasteiger partial charge in [-0.25, -0.2) is 0 Å². The third kappa shape index (κ3) is 3.53. The smallest absolute Gasteiger partial charge is 0.245 e. The Bertz CT molecular complexity index is 448. The van der Waals surface area contributed by atoms with Crippen LogP contribution >= 0.6 is 0 Å². The van der Waals surface area contributed by atoms with Gasteiger partial charge in [0.25, 0.3) is 0 Å². The minimum Gasteiger partial charge on any atom is -0.350 e. The number of rotatable bonds is 4. The Hall–Kier alpha value is -1.14. The summed E-state index contributed by atoms with van der Waals surface area (Å²) in [7, 11) is 0. The second kappa shape index (κ2) is 7.18. The van der Waals surface area contributed by atoms with Gasteiger partial charge in [-0.2, -0.15) is 0 Å². The highest BCUT2D eigenvalue weighted by atomic mass is 16.7. The highest BCUT2D eigenvalue weighted by Gasteiger charge is 2.40. The average molecular weight is 324 g/mol. The van der Waals surface area contributed by atoms with Crippen LogP contribution in [0, 0.1) is 11.8 Å². The van der Waals surface area contributed by atoms with E-state index in [0.717, 1.165) is 25.8 Å². The number of ether oxygens (including phenoxy) is 2. The zero-order valence-corrected chi connectivity index (χ0v) is 14.2. The third-order valence-electron chi connectivity index (χ3n) is 5.13. The summed E-state index contributed by atoms with van der Waals surface area (Å²) < 4.78 is 11.2. The summed E-state index contributed by atoms with van der Waals surface area (Å²) in [6, 6.07) is -0.325. The SMILES string of the molecule is CC(C)C(C(=O)N1CCCC(C2OCCO2)C1)N1CCCC1=O. The molecule has 130 valence electrons. The largest absolute Gasteiger partial charge is 0.350 e. The van der Waals surface area contributed by atoms with Crippen molar-refractivity contribution in [2.45, 2.75) is 51.9 Å². The number of carbonyl (C=O) groups is 2. The van der Waals surface area contributed by atoms with E-state index in [-0.39, 0.29) is 36.0 Å². The van der Waals surface area contributed by atoms with E-state index in [2.05, 4.69) is 0 Å². The summed E-state index contributed by atoms with van der Waals surface area (Å²) >= 11 is 0. The number of amides is 2. The van der Waals surface area contributed by atoms with Gasteiger partial charge in [0.1, 0.15) is 6.04 Å². The molecule has 3 saturated heterocycles. The van der Waals surface area contributed by atoms with Crippen molar-refractivity contribution in [2.24, 2.45) is 11.8 Å². The predicted molar refractivity (Wildman–Crippen MR) is 84.6 cm³/mol. The van der Waals surface area contributed by atoms with Gasteiger partial charge in [0.05, 0.1) is 13.2 Å². The lowest BCUT2D eigenvalue weighted by Gasteiger charge is -2.39. The van der Waals surface area contributed by atoms with Crippen molar-refractivity contribution in [3.05, 3.63) is 0 Å². The monoisotopic (exact) mass is 324 g/mol. The molecule has 2 unspecified atom stereocenters. The van der Waals surface area contributed by atoms with E-state index in [1.165, 1.54) is 0 Å².